The minimum absolute atomic E-state index is 0.0183. The van der Waals surface area contributed by atoms with E-state index in [1.54, 1.807) is 14.2 Å². The summed E-state index contributed by atoms with van der Waals surface area (Å²) in [5, 5.41) is 18.5. The number of methoxy groups -OCH3 is 2. The molecule has 2 heterocycles. The van der Waals surface area contributed by atoms with Crippen molar-refractivity contribution in [3.63, 3.8) is 0 Å². The summed E-state index contributed by atoms with van der Waals surface area (Å²) in [7, 11) is -6.58. The van der Waals surface area contributed by atoms with E-state index in [9.17, 15) is 25.9 Å². The standard InChI is InChI=1S/C44H52N12O10S2/c1-29(27-65-23-21-63-3)45-39-51-41(47-33-11-7-5-8-12-33)55-43(53-39)49-35-19-17-31(37(25-35)67(57,58)59)15-16-32-18-20-36(26-38(32)68(60,61)62)50-44-54-40(46-30(2)28-66-24-22-64-4)52-42(56-44)48-34-13-9-6-10-14-34/h5-20,25-26,29-30H,21-24,27-28H2,1-4H3,(H,57,58,59)(H,60,61,62)(H3,45,47,49,51,53,55)(H3,46,48,50,52,54,56)/b16-15+. The lowest BCUT2D eigenvalue weighted by Gasteiger charge is -2.16. The van der Waals surface area contributed by atoms with Crippen LogP contribution in [0.4, 0.5) is 58.4 Å². The molecule has 0 saturated heterocycles. The van der Waals surface area contributed by atoms with E-state index in [1.165, 1.54) is 36.4 Å². The van der Waals surface area contributed by atoms with Gasteiger partial charge in [-0.25, -0.2) is 0 Å². The topological polar surface area (TPSA) is 295 Å². The smallest absolute Gasteiger partial charge is 0.295 e. The van der Waals surface area contributed by atoms with Crippen molar-refractivity contribution in [2.45, 2.75) is 35.7 Å². The van der Waals surface area contributed by atoms with E-state index in [4.69, 9.17) is 18.9 Å². The lowest BCUT2D eigenvalue weighted by atomic mass is 10.1. The molecule has 2 atom stereocenters. The van der Waals surface area contributed by atoms with Gasteiger partial charge >= 0.3 is 0 Å². The maximum Gasteiger partial charge on any atom is 0.295 e. The highest BCUT2D eigenvalue weighted by atomic mass is 32.2. The second-order valence-corrected chi connectivity index (χ2v) is 17.6. The zero-order valence-electron chi connectivity index (χ0n) is 37.4. The molecule has 360 valence electrons. The Balaban J connectivity index is 1.25. The molecular formula is C44H52N12O10S2. The molecule has 8 N–H and O–H groups in total. The third-order valence-corrected chi connectivity index (χ3v) is 11.0. The zero-order chi connectivity index (χ0) is 48.5. The van der Waals surface area contributed by atoms with E-state index >= 15 is 0 Å². The Morgan fingerprint density at radius 2 is 0.824 bits per heavy atom. The third-order valence-electron chi connectivity index (χ3n) is 9.22. The fraction of sp³-hybridized carbons (Fsp3) is 0.273. The molecule has 68 heavy (non-hydrogen) atoms. The summed E-state index contributed by atoms with van der Waals surface area (Å²) in [6.07, 6.45) is 2.55. The van der Waals surface area contributed by atoms with Crippen LogP contribution in [0.5, 0.6) is 0 Å². The van der Waals surface area contributed by atoms with Gasteiger partial charge in [-0.15, -0.1) is 0 Å². The SMILES string of the molecule is COCCOCC(C)Nc1nc(Nc2ccccc2)nc(Nc2ccc(/C=C/c3ccc(Nc4nc(Nc5ccccc5)nc(NC(C)COCCOC)n4)cc3S(=O)(=O)O)c(S(=O)(=O)O)c2)n1. The van der Waals surface area contributed by atoms with Gasteiger partial charge in [0.2, 0.25) is 35.7 Å². The van der Waals surface area contributed by atoms with Gasteiger partial charge in [0.15, 0.2) is 0 Å². The summed E-state index contributed by atoms with van der Waals surface area (Å²) >= 11 is 0. The zero-order valence-corrected chi connectivity index (χ0v) is 39.1. The van der Waals surface area contributed by atoms with Crippen molar-refractivity contribution < 1.29 is 44.9 Å². The fourth-order valence-electron chi connectivity index (χ4n) is 6.12. The lowest BCUT2D eigenvalue weighted by Crippen LogP contribution is -2.24. The van der Waals surface area contributed by atoms with Crippen molar-refractivity contribution in [2.75, 3.05) is 85.8 Å². The van der Waals surface area contributed by atoms with Crippen molar-refractivity contribution in [2.24, 2.45) is 0 Å². The summed E-state index contributed by atoms with van der Waals surface area (Å²) in [6, 6.07) is 26.0. The molecular weight excluding hydrogens is 921 g/mol. The molecule has 2 unspecified atom stereocenters. The number of hydrogen-bond acceptors (Lipinski definition) is 20. The quantitative estimate of drug-likeness (QED) is 0.0161. The third kappa shape index (κ3) is 15.9. The van der Waals surface area contributed by atoms with Gasteiger partial charge in [-0.2, -0.15) is 46.7 Å². The largest absolute Gasteiger partial charge is 0.382 e. The molecule has 2 aromatic heterocycles. The second-order valence-electron chi connectivity index (χ2n) is 14.9. The molecule has 4 aromatic carbocycles. The molecule has 0 amide bonds. The number of ether oxygens (including phenoxy) is 4. The van der Waals surface area contributed by atoms with Crippen LogP contribution < -0.4 is 31.9 Å². The Morgan fingerprint density at radius 1 is 0.485 bits per heavy atom. The number of benzene rings is 4. The van der Waals surface area contributed by atoms with Crippen LogP contribution in [0.1, 0.15) is 25.0 Å². The Bertz CT molecular complexity index is 2660. The number of anilines is 10. The summed E-state index contributed by atoms with van der Waals surface area (Å²) in [5.74, 6) is 0.739. The van der Waals surface area contributed by atoms with Crippen LogP contribution in [-0.4, -0.2) is 122 Å². The number of aromatic nitrogens is 6. The van der Waals surface area contributed by atoms with Crippen LogP contribution in [0.3, 0.4) is 0 Å². The maximum atomic E-state index is 12.8. The fourth-order valence-corrected chi connectivity index (χ4v) is 7.54. The monoisotopic (exact) mass is 972 g/mol. The van der Waals surface area contributed by atoms with Gasteiger partial charge in [0.05, 0.1) is 39.6 Å². The van der Waals surface area contributed by atoms with Crippen LogP contribution in [0.2, 0.25) is 0 Å². The number of rotatable bonds is 26. The minimum atomic E-state index is -4.87. The van der Waals surface area contributed by atoms with E-state index in [2.05, 4.69) is 61.8 Å². The van der Waals surface area contributed by atoms with Crippen LogP contribution in [0, 0.1) is 0 Å². The molecule has 6 aromatic rings. The second kappa shape index (κ2) is 24.2. The van der Waals surface area contributed by atoms with Gasteiger partial charge in [0.1, 0.15) is 9.79 Å². The van der Waals surface area contributed by atoms with Gasteiger partial charge < -0.3 is 50.8 Å². The Labute approximate surface area is 393 Å². The van der Waals surface area contributed by atoms with E-state index in [0.717, 1.165) is 12.1 Å². The van der Waals surface area contributed by atoms with Crippen LogP contribution in [0.25, 0.3) is 12.2 Å². The summed E-state index contributed by atoms with van der Waals surface area (Å²) in [5.41, 5.74) is 1.70. The normalized spacial score (nSPS) is 12.6. The first-order valence-corrected chi connectivity index (χ1v) is 23.8. The molecule has 0 fully saturated rings. The van der Waals surface area contributed by atoms with Crippen LogP contribution >= 0.6 is 0 Å². The number of hydrogen-bond donors (Lipinski definition) is 8. The molecule has 0 spiro atoms. The number of nitrogens with one attached hydrogen (secondary N) is 6. The highest BCUT2D eigenvalue weighted by Gasteiger charge is 2.20. The lowest BCUT2D eigenvalue weighted by molar-refractivity contribution is 0.0676. The van der Waals surface area contributed by atoms with Gasteiger partial charge in [0.25, 0.3) is 20.2 Å². The van der Waals surface area contributed by atoms with Crippen LogP contribution in [0.15, 0.2) is 107 Å². The molecule has 22 nitrogen and oxygen atoms in total. The molecule has 0 saturated carbocycles. The molecule has 0 bridgehead atoms. The van der Waals surface area contributed by atoms with Gasteiger partial charge in [0, 0.05) is 49.1 Å². The van der Waals surface area contributed by atoms with E-state index in [1.807, 2.05) is 74.5 Å². The van der Waals surface area contributed by atoms with Crippen molar-refractivity contribution in [3.8, 4) is 0 Å². The first-order valence-electron chi connectivity index (χ1n) is 20.9. The van der Waals surface area contributed by atoms with Gasteiger partial charge in [-0.3, -0.25) is 9.11 Å². The van der Waals surface area contributed by atoms with Gasteiger partial charge in [-0.1, -0.05) is 60.7 Å². The van der Waals surface area contributed by atoms with Crippen molar-refractivity contribution in [1.82, 2.24) is 29.9 Å². The Kier molecular flexibility index (Phi) is 18.0. The molecule has 6 rings (SSSR count). The summed E-state index contributed by atoms with van der Waals surface area (Å²) < 4.78 is 93.2. The van der Waals surface area contributed by atoms with Gasteiger partial charge in [-0.05, 0) is 73.5 Å². The maximum absolute atomic E-state index is 12.8. The van der Waals surface area contributed by atoms with E-state index in [-0.39, 0.29) is 70.3 Å². The van der Waals surface area contributed by atoms with E-state index in [0.29, 0.717) is 51.0 Å². The molecule has 0 radical (unpaired) electrons. The highest BCUT2D eigenvalue weighted by Crippen LogP contribution is 2.29. The predicted octanol–water partition coefficient (Wildman–Crippen LogP) is 6.62. The molecule has 0 aliphatic heterocycles. The average Bonchev–Trinajstić information content (AvgIpc) is 3.29. The Hall–Kier alpha value is -6.90. The Morgan fingerprint density at radius 3 is 1.16 bits per heavy atom. The van der Waals surface area contributed by atoms with Crippen molar-refractivity contribution in [3.05, 3.63) is 108 Å². The molecule has 0 aliphatic carbocycles. The van der Waals surface area contributed by atoms with Crippen molar-refractivity contribution in [1.29, 1.82) is 0 Å². The first kappa shape index (κ1) is 50.5. The average molecular weight is 973 g/mol. The molecule has 0 aliphatic rings. The summed E-state index contributed by atoms with van der Waals surface area (Å²) in [6.45, 7) is 6.04. The van der Waals surface area contributed by atoms with Crippen LogP contribution in [-0.2, 0) is 39.2 Å². The van der Waals surface area contributed by atoms with E-state index < -0.39 is 30.0 Å². The van der Waals surface area contributed by atoms with Crippen molar-refractivity contribution >= 4 is 90.8 Å². The number of nitrogens with zero attached hydrogens (tertiary/aromatic N) is 6. The summed E-state index contributed by atoms with van der Waals surface area (Å²) in [4.78, 5) is 25.7. The number of para-hydroxylation sites is 2. The minimum Gasteiger partial charge on any atom is -0.382 e. The first-order chi connectivity index (χ1) is 32.6. The predicted molar refractivity (Wildman–Crippen MR) is 259 cm³/mol. The molecule has 24 heteroatoms. The highest BCUT2D eigenvalue weighted by molar-refractivity contribution is 7.86.